The smallest absolute Gasteiger partial charge is 0.00205 e. The molecule has 6 aromatic rings. The molecular weight excluding hydrogens is 535 g/mol. The third-order valence-electron chi connectivity index (χ3n) is 8.43. The molecule has 0 aliphatic heterocycles. The maximum absolute atomic E-state index is 4.32. The summed E-state index contributed by atoms with van der Waals surface area (Å²) in [6, 6.07) is 46.5. The van der Waals surface area contributed by atoms with Gasteiger partial charge in [-0.05, 0) is 91.3 Å². The summed E-state index contributed by atoms with van der Waals surface area (Å²) in [7, 11) is -0.666. The van der Waals surface area contributed by atoms with Crippen molar-refractivity contribution in [2.24, 2.45) is 0 Å². The summed E-state index contributed by atoms with van der Waals surface area (Å²) in [6.45, 7) is 8.64. The Hall–Kier alpha value is -4.77. The van der Waals surface area contributed by atoms with Crippen LogP contribution in [0.1, 0.15) is 24.0 Å². The van der Waals surface area contributed by atoms with Crippen LogP contribution in [0.5, 0.6) is 0 Å². The van der Waals surface area contributed by atoms with E-state index >= 15 is 0 Å². The highest BCUT2D eigenvalue weighted by atomic mass is 31.1. The molecule has 6 aromatic carbocycles. The fourth-order valence-corrected chi connectivity index (χ4v) is 8.84. The van der Waals surface area contributed by atoms with Crippen LogP contribution in [0.15, 0.2) is 141 Å². The Morgan fingerprint density at radius 2 is 1.02 bits per heavy atom. The molecule has 0 atom stereocenters. The maximum atomic E-state index is 4.32. The Kier molecular flexibility index (Phi) is 7.46. The van der Waals surface area contributed by atoms with Crippen LogP contribution in [-0.2, 0) is 0 Å². The van der Waals surface area contributed by atoms with Crippen molar-refractivity contribution in [1.29, 1.82) is 0 Å². The number of benzene rings is 6. The molecule has 0 heterocycles. The van der Waals surface area contributed by atoms with Crippen LogP contribution >= 0.6 is 7.92 Å². The van der Waals surface area contributed by atoms with Crippen LogP contribution < -0.4 is 26.4 Å². The summed E-state index contributed by atoms with van der Waals surface area (Å²) in [5, 5.41) is 9.16. The van der Waals surface area contributed by atoms with E-state index in [-0.39, 0.29) is 0 Å². The van der Waals surface area contributed by atoms with E-state index in [1.165, 1.54) is 59.4 Å². The van der Waals surface area contributed by atoms with Crippen LogP contribution in [0.25, 0.3) is 57.3 Å². The Bertz CT molecular complexity index is 2050. The van der Waals surface area contributed by atoms with Crippen LogP contribution in [0.2, 0.25) is 0 Å². The molecule has 0 amide bonds. The SMILES string of the molecule is C=Cc1c(C=C)c(-c2cccc3c2=CCCC=3)c2ccccc2c1-c1ccc(P(c2ccccc2)c2ccccc2)cc1. The molecule has 0 fully saturated rings. The summed E-state index contributed by atoms with van der Waals surface area (Å²) in [4.78, 5) is 0. The molecule has 206 valence electrons. The average molecular weight is 569 g/mol. The van der Waals surface area contributed by atoms with Gasteiger partial charge in [-0.3, -0.25) is 0 Å². The van der Waals surface area contributed by atoms with Gasteiger partial charge in [0.1, 0.15) is 0 Å². The van der Waals surface area contributed by atoms with Crippen molar-refractivity contribution in [2.75, 3.05) is 0 Å². The second kappa shape index (κ2) is 11.8. The fraction of sp³-hybridized carbons (Fsp3) is 0.0476. The normalized spacial score (nSPS) is 12.3. The van der Waals surface area contributed by atoms with Crippen LogP contribution in [-0.4, -0.2) is 0 Å². The van der Waals surface area contributed by atoms with Gasteiger partial charge in [0.25, 0.3) is 0 Å². The van der Waals surface area contributed by atoms with Gasteiger partial charge in [-0.2, -0.15) is 0 Å². The summed E-state index contributed by atoms with van der Waals surface area (Å²) in [5.41, 5.74) is 7.16. The summed E-state index contributed by atoms with van der Waals surface area (Å²) < 4.78 is 0. The number of hydrogen-bond donors (Lipinski definition) is 0. The Balaban J connectivity index is 1.44. The standard InChI is InChI=1S/C42H33P/c1-3-35-36(4-2)42(38-25-15-17-30-16-11-12-22-37(30)38)40-24-14-13-23-39(40)41(35)31-26-28-34(29-27-31)43(32-18-7-5-8-19-32)33-20-9-6-10-21-33/h3-10,13-29H,1-2,11-12H2. The van der Waals surface area contributed by atoms with Gasteiger partial charge in [-0.1, -0.05) is 165 Å². The highest BCUT2D eigenvalue weighted by Gasteiger charge is 2.21. The van der Waals surface area contributed by atoms with Crippen molar-refractivity contribution in [2.45, 2.75) is 12.8 Å². The number of rotatable bonds is 7. The summed E-state index contributed by atoms with van der Waals surface area (Å²) in [6.07, 6.45) is 10.9. The highest BCUT2D eigenvalue weighted by Crippen LogP contribution is 2.43. The van der Waals surface area contributed by atoms with E-state index in [9.17, 15) is 0 Å². The Morgan fingerprint density at radius 3 is 1.65 bits per heavy atom. The molecular formula is C42H33P. The summed E-state index contributed by atoms with van der Waals surface area (Å²) in [5.74, 6) is 0. The molecule has 0 spiro atoms. The minimum Gasteiger partial charge on any atom is -0.0984 e. The lowest BCUT2D eigenvalue weighted by Gasteiger charge is -2.22. The van der Waals surface area contributed by atoms with Crippen molar-refractivity contribution >= 4 is 58.9 Å². The molecule has 0 N–H and O–H groups in total. The van der Waals surface area contributed by atoms with Gasteiger partial charge in [-0.15, -0.1) is 0 Å². The van der Waals surface area contributed by atoms with Gasteiger partial charge in [0.15, 0.2) is 0 Å². The van der Waals surface area contributed by atoms with Gasteiger partial charge in [-0.25, -0.2) is 0 Å². The molecule has 0 unspecified atom stereocenters. The van der Waals surface area contributed by atoms with E-state index < -0.39 is 7.92 Å². The van der Waals surface area contributed by atoms with E-state index in [0.29, 0.717) is 0 Å². The fourth-order valence-electron chi connectivity index (χ4n) is 6.56. The zero-order valence-corrected chi connectivity index (χ0v) is 25.1. The molecule has 1 aliphatic rings. The van der Waals surface area contributed by atoms with Crippen molar-refractivity contribution in [3.63, 3.8) is 0 Å². The molecule has 0 saturated heterocycles. The van der Waals surface area contributed by atoms with Crippen molar-refractivity contribution in [3.8, 4) is 22.3 Å². The van der Waals surface area contributed by atoms with E-state index in [1.54, 1.807) is 0 Å². The number of hydrogen-bond acceptors (Lipinski definition) is 0. The quantitative estimate of drug-likeness (QED) is 0.169. The molecule has 1 aliphatic carbocycles. The van der Waals surface area contributed by atoms with Gasteiger partial charge >= 0.3 is 0 Å². The average Bonchev–Trinajstić information content (AvgIpc) is 3.08. The van der Waals surface area contributed by atoms with Crippen molar-refractivity contribution < 1.29 is 0 Å². The lowest BCUT2D eigenvalue weighted by atomic mass is 9.82. The van der Waals surface area contributed by atoms with Crippen molar-refractivity contribution in [1.82, 2.24) is 0 Å². The molecule has 0 radical (unpaired) electrons. The predicted octanol–water partition coefficient (Wildman–Crippen LogP) is 8.57. The monoisotopic (exact) mass is 568 g/mol. The van der Waals surface area contributed by atoms with Gasteiger partial charge in [0.05, 0.1) is 0 Å². The topological polar surface area (TPSA) is 0 Å². The molecule has 1 heteroatoms. The van der Waals surface area contributed by atoms with E-state index in [4.69, 9.17) is 0 Å². The minimum absolute atomic E-state index is 0.666. The number of fused-ring (bicyclic) bond motifs is 2. The summed E-state index contributed by atoms with van der Waals surface area (Å²) >= 11 is 0. The Morgan fingerprint density at radius 1 is 0.488 bits per heavy atom. The zero-order chi connectivity index (χ0) is 29.2. The van der Waals surface area contributed by atoms with Gasteiger partial charge < -0.3 is 0 Å². The first-order valence-corrected chi connectivity index (χ1v) is 16.3. The predicted molar refractivity (Wildman–Crippen MR) is 191 cm³/mol. The lowest BCUT2D eigenvalue weighted by molar-refractivity contribution is 1.12. The lowest BCUT2D eigenvalue weighted by Crippen LogP contribution is -2.28. The first-order chi connectivity index (χ1) is 21.3. The first kappa shape index (κ1) is 27.1. The highest BCUT2D eigenvalue weighted by molar-refractivity contribution is 7.79. The molecule has 0 bridgehead atoms. The van der Waals surface area contributed by atoms with Crippen LogP contribution in [0.4, 0.5) is 0 Å². The molecule has 0 saturated carbocycles. The Labute approximate surface area is 255 Å². The molecule has 0 aromatic heterocycles. The maximum Gasteiger partial charge on any atom is -0.00205 e. The minimum atomic E-state index is -0.666. The van der Waals surface area contributed by atoms with E-state index in [2.05, 4.69) is 153 Å². The van der Waals surface area contributed by atoms with Gasteiger partial charge in [0.2, 0.25) is 0 Å². The molecule has 43 heavy (non-hydrogen) atoms. The molecule has 0 nitrogen and oxygen atoms in total. The van der Waals surface area contributed by atoms with Gasteiger partial charge in [0, 0.05) is 0 Å². The third-order valence-corrected chi connectivity index (χ3v) is 10.9. The molecule has 7 rings (SSSR count). The van der Waals surface area contributed by atoms with E-state index in [1.807, 2.05) is 12.2 Å². The first-order valence-electron chi connectivity index (χ1n) is 14.9. The second-order valence-corrected chi connectivity index (χ2v) is 13.1. The largest absolute Gasteiger partial charge is 0.0984 e. The van der Waals surface area contributed by atoms with Crippen LogP contribution in [0, 0.1) is 0 Å². The second-order valence-electron chi connectivity index (χ2n) is 10.9. The van der Waals surface area contributed by atoms with Crippen LogP contribution in [0.3, 0.4) is 0 Å². The van der Waals surface area contributed by atoms with E-state index in [0.717, 1.165) is 24.0 Å². The third kappa shape index (κ3) is 4.89. The zero-order valence-electron chi connectivity index (χ0n) is 24.2. The van der Waals surface area contributed by atoms with Crippen molar-refractivity contribution in [3.05, 3.63) is 162 Å².